The molecule has 2 aromatic heterocycles. The summed E-state index contributed by atoms with van der Waals surface area (Å²) in [5.41, 5.74) is 6.00. The lowest BCUT2D eigenvalue weighted by molar-refractivity contribution is -0.109. The highest BCUT2D eigenvalue weighted by molar-refractivity contribution is 6.31. The Kier molecular flexibility index (Phi) is 11.1. The number of halogens is 1. The van der Waals surface area contributed by atoms with Gasteiger partial charge in [0.2, 0.25) is 6.41 Å². The SMILES string of the molecule is C=C/C=C(\C=C)c1ccc(-c2ccnn2-c2ccnc3cc(Cl)ccc23)cc1.CC1CC1.CCCNC=O. The van der Waals surface area contributed by atoms with E-state index in [9.17, 15) is 4.79 Å². The predicted molar refractivity (Wildman–Crippen MR) is 160 cm³/mol. The summed E-state index contributed by atoms with van der Waals surface area (Å²) in [6.07, 6.45) is 13.8. The first-order chi connectivity index (χ1) is 18.5. The molecule has 0 unspecified atom stereocenters. The van der Waals surface area contributed by atoms with E-state index in [1.807, 2.05) is 54.1 Å². The Labute approximate surface area is 230 Å². The third-order valence-corrected chi connectivity index (χ3v) is 6.16. The van der Waals surface area contributed by atoms with E-state index < -0.39 is 0 Å². The molecule has 38 heavy (non-hydrogen) atoms. The number of rotatable bonds is 8. The average Bonchev–Trinajstić information content (AvgIpc) is 3.57. The van der Waals surface area contributed by atoms with Gasteiger partial charge in [0, 0.05) is 28.7 Å². The topological polar surface area (TPSA) is 59.8 Å². The molecule has 0 spiro atoms. The number of amides is 1. The summed E-state index contributed by atoms with van der Waals surface area (Å²) >= 11 is 6.12. The van der Waals surface area contributed by atoms with Crippen molar-refractivity contribution < 1.29 is 4.79 Å². The highest BCUT2D eigenvalue weighted by atomic mass is 35.5. The summed E-state index contributed by atoms with van der Waals surface area (Å²) in [6, 6.07) is 18.0. The number of benzene rings is 2. The molecule has 1 fully saturated rings. The van der Waals surface area contributed by atoms with Crippen LogP contribution < -0.4 is 5.32 Å². The zero-order chi connectivity index (χ0) is 27.3. The van der Waals surface area contributed by atoms with E-state index >= 15 is 0 Å². The minimum atomic E-state index is 0.666. The molecular formula is C32H35ClN4O. The largest absolute Gasteiger partial charge is 0.359 e. The monoisotopic (exact) mass is 526 g/mol. The fourth-order valence-corrected chi connectivity index (χ4v) is 3.78. The summed E-state index contributed by atoms with van der Waals surface area (Å²) in [7, 11) is 0. The van der Waals surface area contributed by atoms with Crippen LogP contribution >= 0.6 is 11.6 Å². The van der Waals surface area contributed by atoms with Crippen molar-refractivity contribution in [2.45, 2.75) is 33.1 Å². The average molecular weight is 527 g/mol. The number of allylic oxidation sites excluding steroid dienone is 4. The highest BCUT2D eigenvalue weighted by Gasteiger charge is 2.13. The number of hydrogen-bond acceptors (Lipinski definition) is 3. The number of pyridine rings is 1. The molecular weight excluding hydrogens is 492 g/mol. The molecule has 0 atom stereocenters. The van der Waals surface area contributed by atoms with Gasteiger partial charge in [-0.3, -0.25) is 9.78 Å². The second kappa shape index (κ2) is 14.7. The molecule has 1 saturated carbocycles. The van der Waals surface area contributed by atoms with E-state index in [0.29, 0.717) is 11.4 Å². The molecule has 1 aliphatic carbocycles. The van der Waals surface area contributed by atoms with E-state index in [4.69, 9.17) is 11.6 Å². The van der Waals surface area contributed by atoms with Gasteiger partial charge < -0.3 is 5.32 Å². The van der Waals surface area contributed by atoms with Crippen LogP contribution in [0.15, 0.2) is 98.4 Å². The maximum Gasteiger partial charge on any atom is 0.207 e. The molecule has 5 nitrogen and oxygen atoms in total. The van der Waals surface area contributed by atoms with Crippen molar-refractivity contribution in [2.75, 3.05) is 6.54 Å². The van der Waals surface area contributed by atoms with Gasteiger partial charge in [0.25, 0.3) is 0 Å². The third kappa shape index (κ3) is 8.02. The van der Waals surface area contributed by atoms with Crippen molar-refractivity contribution in [3.8, 4) is 16.9 Å². The first-order valence-electron chi connectivity index (χ1n) is 12.8. The molecule has 1 aliphatic rings. The Morgan fingerprint density at radius 1 is 1.11 bits per heavy atom. The Hall–Kier alpha value is -3.96. The predicted octanol–water partition coefficient (Wildman–Crippen LogP) is 8.06. The third-order valence-electron chi connectivity index (χ3n) is 5.93. The van der Waals surface area contributed by atoms with Crippen molar-refractivity contribution in [3.05, 3.63) is 109 Å². The summed E-state index contributed by atoms with van der Waals surface area (Å²) in [5, 5.41) is 8.73. The molecule has 4 aromatic rings. The zero-order valence-electron chi connectivity index (χ0n) is 22.1. The number of aromatic nitrogens is 3. The molecule has 2 heterocycles. The minimum absolute atomic E-state index is 0.666. The second-order valence-corrected chi connectivity index (χ2v) is 9.45. The van der Waals surface area contributed by atoms with E-state index in [1.54, 1.807) is 18.5 Å². The van der Waals surface area contributed by atoms with Crippen molar-refractivity contribution in [1.29, 1.82) is 0 Å². The summed E-state index contributed by atoms with van der Waals surface area (Å²) in [4.78, 5) is 13.9. The molecule has 1 amide bonds. The molecule has 0 radical (unpaired) electrons. The maximum atomic E-state index is 9.45. The number of nitrogens with zero attached hydrogens (tertiary/aromatic N) is 3. The summed E-state index contributed by atoms with van der Waals surface area (Å²) < 4.78 is 1.93. The van der Waals surface area contributed by atoms with Crippen LogP contribution in [0.2, 0.25) is 5.02 Å². The summed E-state index contributed by atoms with van der Waals surface area (Å²) in [5.74, 6) is 1.08. The van der Waals surface area contributed by atoms with Crippen LogP contribution in [-0.2, 0) is 4.79 Å². The van der Waals surface area contributed by atoms with E-state index in [1.165, 1.54) is 12.8 Å². The van der Waals surface area contributed by atoms with Crippen LogP contribution in [0, 0.1) is 5.92 Å². The molecule has 0 aliphatic heterocycles. The van der Waals surface area contributed by atoms with Crippen molar-refractivity contribution in [3.63, 3.8) is 0 Å². The number of hydrogen-bond donors (Lipinski definition) is 1. The van der Waals surface area contributed by atoms with Crippen LogP contribution in [0.25, 0.3) is 33.4 Å². The van der Waals surface area contributed by atoms with Crippen molar-refractivity contribution in [1.82, 2.24) is 20.1 Å². The van der Waals surface area contributed by atoms with Gasteiger partial charge in [-0.25, -0.2) is 4.68 Å². The van der Waals surface area contributed by atoms with Crippen molar-refractivity contribution >= 4 is 34.5 Å². The molecule has 5 rings (SSSR count). The van der Waals surface area contributed by atoms with Crippen LogP contribution in [0.5, 0.6) is 0 Å². The minimum Gasteiger partial charge on any atom is -0.359 e. The Balaban J connectivity index is 0.000000337. The van der Waals surface area contributed by atoms with Gasteiger partial charge >= 0.3 is 0 Å². The van der Waals surface area contributed by atoms with Gasteiger partial charge in [-0.05, 0) is 53.8 Å². The van der Waals surface area contributed by atoms with Crippen molar-refractivity contribution in [2.24, 2.45) is 5.92 Å². The molecule has 196 valence electrons. The van der Waals surface area contributed by atoms with Crippen LogP contribution in [-0.4, -0.2) is 27.7 Å². The normalized spacial score (nSPS) is 12.4. The van der Waals surface area contributed by atoms with Gasteiger partial charge in [-0.15, -0.1) is 0 Å². The number of nitrogens with one attached hydrogen (secondary N) is 1. The Bertz CT molecular complexity index is 1380. The lowest BCUT2D eigenvalue weighted by atomic mass is 10.0. The first-order valence-corrected chi connectivity index (χ1v) is 13.2. The number of carbonyl (C=O) groups is 1. The number of fused-ring (bicyclic) bond motifs is 1. The lowest BCUT2D eigenvalue weighted by Gasteiger charge is -2.11. The van der Waals surface area contributed by atoms with Crippen LogP contribution in [0.3, 0.4) is 0 Å². The molecule has 2 aromatic carbocycles. The van der Waals surface area contributed by atoms with Gasteiger partial charge in [0.1, 0.15) is 0 Å². The standard InChI is InChI=1S/C24H18ClN3.C4H9NO.C4H8/c1-3-5-17(4-2)18-6-8-19(9-7-18)23-13-15-27-28(23)24-12-14-26-22-16-20(25)10-11-21(22)24;1-2-3-5-4-6;1-4-2-3-4/h3-16H,1-2H2;4H,2-3H2,1H3,(H,5,6);4H,2-3H2,1H3/b17-5+;;. The first kappa shape index (κ1) is 28.6. The van der Waals surface area contributed by atoms with Crippen LogP contribution in [0.1, 0.15) is 38.7 Å². The molecule has 6 heteroatoms. The molecule has 0 bridgehead atoms. The van der Waals surface area contributed by atoms with Gasteiger partial charge in [0.15, 0.2) is 0 Å². The molecule has 1 N–H and O–H groups in total. The summed E-state index contributed by atoms with van der Waals surface area (Å²) in [6.45, 7) is 12.7. The molecule has 0 saturated heterocycles. The van der Waals surface area contributed by atoms with Gasteiger partial charge in [-0.2, -0.15) is 5.10 Å². The smallest absolute Gasteiger partial charge is 0.207 e. The van der Waals surface area contributed by atoms with Crippen LogP contribution in [0.4, 0.5) is 0 Å². The Morgan fingerprint density at radius 2 is 1.84 bits per heavy atom. The number of carbonyl (C=O) groups excluding carboxylic acids is 1. The fraction of sp³-hybridized carbons (Fsp3) is 0.219. The van der Waals surface area contributed by atoms with E-state index in [0.717, 1.165) is 57.9 Å². The van der Waals surface area contributed by atoms with Gasteiger partial charge in [-0.1, -0.05) is 93.9 Å². The second-order valence-electron chi connectivity index (χ2n) is 9.01. The zero-order valence-corrected chi connectivity index (χ0v) is 22.9. The van der Waals surface area contributed by atoms with E-state index in [2.05, 4.69) is 59.7 Å². The highest BCUT2D eigenvalue weighted by Crippen LogP contribution is 2.29. The lowest BCUT2D eigenvalue weighted by Crippen LogP contribution is -2.10. The quantitative estimate of drug-likeness (QED) is 0.143. The fourth-order valence-electron chi connectivity index (χ4n) is 3.62. The maximum absolute atomic E-state index is 9.45. The Morgan fingerprint density at radius 3 is 2.42 bits per heavy atom. The van der Waals surface area contributed by atoms with E-state index in [-0.39, 0.29) is 0 Å². The van der Waals surface area contributed by atoms with Gasteiger partial charge in [0.05, 0.1) is 23.1 Å².